The number of imidazole rings is 1. The van der Waals surface area contributed by atoms with E-state index in [1.807, 2.05) is 36.6 Å². The van der Waals surface area contributed by atoms with Crippen molar-refractivity contribution in [3.05, 3.63) is 48.5 Å². The molecule has 5 rings (SSSR count). The number of fused-ring (bicyclic) bond motifs is 2. The Bertz CT molecular complexity index is 1020. The zero-order valence-electron chi connectivity index (χ0n) is 17.1. The molecule has 30 heavy (non-hydrogen) atoms. The fourth-order valence-corrected chi connectivity index (χ4v) is 4.26. The molecular formula is C21H26N6O3. The largest absolute Gasteiger partial charge is 0.382 e. The molecule has 0 aliphatic carbocycles. The maximum absolute atomic E-state index is 6.48. The van der Waals surface area contributed by atoms with Gasteiger partial charge in [0.25, 0.3) is 0 Å². The van der Waals surface area contributed by atoms with Gasteiger partial charge in [-0.05, 0) is 19.4 Å². The van der Waals surface area contributed by atoms with E-state index < -0.39 is 12.0 Å². The molecule has 2 aromatic heterocycles. The van der Waals surface area contributed by atoms with Crippen molar-refractivity contribution in [3.63, 3.8) is 0 Å². The monoisotopic (exact) mass is 410 g/mol. The van der Waals surface area contributed by atoms with E-state index in [1.165, 1.54) is 11.9 Å². The molecular weight excluding hydrogens is 384 g/mol. The van der Waals surface area contributed by atoms with Gasteiger partial charge < -0.3 is 25.3 Å². The fourth-order valence-electron chi connectivity index (χ4n) is 4.26. The Labute approximate surface area is 174 Å². The molecule has 9 nitrogen and oxygen atoms in total. The van der Waals surface area contributed by atoms with Gasteiger partial charge in [0.2, 0.25) is 0 Å². The van der Waals surface area contributed by atoms with Crippen LogP contribution >= 0.6 is 0 Å². The van der Waals surface area contributed by atoms with Crippen LogP contribution in [0.25, 0.3) is 11.2 Å². The highest BCUT2D eigenvalue weighted by molar-refractivity contribution is 5.81. The Morgan fingerprint density at radius 3 is 2.83 bits per heavy atom. The van der Waals surface area contributed by atoms with Crippen molar-refractivity contribution >= 4 is 17.0 Å². The van der Waals surface area contributed by atoms with Gasteiger partial charge >= 0.3 is 0 Å². The van der Waals surface area contributed by atoms with Gasteiger partial charge in [-0.1, -0.05) is 30.3 Å². The second-order valence-electron chi connectivity index (χ2n) is 8.22. The van der Waals surface area contributed by atoms with Gasteiger partial charge in [-0.15, -0.1) is 0 Å². The molecule has 0 bridgehead atoms. The second-order valence-corrected chi connectivity index (χ2v) is 8.22. The summed E-state index contributed by atoms with van der Waals surface area (Å²) in [5.41, 5.74) is 8.38. The number of nitrogens with zero attached hydrogens (tertiary/aromatic N) is 4. The predicted molar refractivity (Wildman–Crippen MR) is 110 cm³/mol. The van der Waals surface area contributed by atoms with E-state index >= 15 is 0 Å². The van der Waals surface area contributed by atoms with E-state index in [-0.39, 0.29) is 18.3 Å². The molecule has 4 heterocycles. The van der Waals surface area contributed by atoms with Crippen LogP contribution in [0.5, 0.6) is 0 Å². The SMILES string of the molecule is CC1(C)OC2C[C@H](CNCc3ccccc3)OC(n3cnc4c(N)ncnc43)C2O1. The predicted octanol–water partition coefficient (Wildman–Crippen LogP) is 2.01. The highest BCUT2D eigenvalue weighted by atomic mass is 16.8. The van der Waals surface area contributed by atoms with Crippen molar-refractivity contribution in [1.82, 2.24) is 24.8 Å². The van der Waals surface area contributed by atoms with E-state index in [4.69, 9.17) is 19.9 Å². The summed E-state index contributed by atoms with van der Waals surface area (Å²) in [5.74, 6) is -0.329. The summed E-state index contributed by atoms with van der Waals surface area (Å²) in [5, 5.41) is 3.49. The minimum atomic E-state index is -0.673. The van der Waals surface area contributed by atoms with Crippen LogP contribution in [0.1, 0.15) is 32.1 Å². The number of hydrogen-bond acceptors (Lipinski definition) is 8. The Balaban J connectivity index is 1.38. The first-order valence-corrected chi connectivity index (χ1v) is 10.2. The lowest BCUT2D eigenvalue weighted by atomic mass is 10.0. The third-order valence-corrected chi connectivity index (χ3v) is 5.53. The maximum atomic E-state index is 6.48. The number of aromatic nitrogens is 4. The van der Waals surface area contributed by atoms with E-state index in [0.717, 1.165) is 13.0 Å². The number of nitrogens with two attached hydrogens (primary N) is 1. The fraction of sp³-hybridized carbons (Fsp3) is 0.476. The van der Waals surface area contributed by atoms with Crippen LogP contribution in [0.2, 0.25) is 0 Å². The molecule has 3 aromatic rings. The molecule has 3 N–H and O–H groups in total. The molecule has 2 aliphatic heterocycles. The number of ether oxygens (including phenoxy) is 3. The molecule has 3 unspecified atom stereocenters. The molecule has 2 aliphatic rings. The van der Waals surface area contributed by atoms with Crippen LogP contribution in [0.3, 0.4) is 0 Å². The highest BCUT2D eigenvalue weighted by Gasteiger charge is 2.51. The average molecular weight is 410 g/mol. The first-order valence-electron chi connectivity index (χ1n) is 10.2. The van der Waals surface area contributed by atoms with Gasteiger partial charge in [-0.2, -0.15) is 0 Å². The zero-order chi connectivity index (χ0) is 20.7. The highest BCUT2D eigenvalue weighted by Crippen LogP contribution is 2.41. The molecule has 0 spiro atoms. The van der Waals surface area contributed by atoms with E-state index in [1.54, 1.807) is 6.33 Å². The van der Waals surface area contributed by atoms with Crippen molar-refractivity contribution in [2.75, 3.05) is 12.3 Å². The van der Waals surface area contributed by atoms with Crippen LogP contribution in [0.15, 0.2) is 43.0 Å². The lowest BCUT2D eigenvalue weighted by Gasteiger charge is -2.37. The molecule has 0 saturated carbocycles. The van der Waals surface area contributed by atoms with E-state index in [2.05, 4.69) is 32.4 Å². The summed E-state index contributed by atoms with van der Waals surface area (Å²) >= 11 is 0. The zero-order valence-corrected chi connectivity index (χ0v) is 17.1. The van der Waals surface area contributed by atoms with Gasteiger partial charge in [0, 0.05) is 19.5 Å². The number of rotatable bonds is 5. The third kappa shape index (κ3) is 3.65. The molecule has 2 fully saturated rings. The number of nitrogen functional groups attached to an aromatic ring is 1. The molecule has 0 amide bonds. The molecule has 9 heteroatoms. The molecule has 2 saturated heterocycles. The first kappa shape index (κ1) is 19.4. The lowest BCUT2D eigenvalue weighted by molar-refractivity contribution is -0.177. The van der Waals surface area contributed by atoms with Crippen molar-refractivity contribution < 1.29 is 14.2 Å². The molecule has 4 atom stereocenters. The van der Waals surface area contributed by atoms with Gasteiger partial charge in [0.15, 0.2) is 23.5 Å². The van der Waals surface area contributed by atoms with E-state index in [9.17, 15) is 0 Å². The van der Waals surface area contributed by atoms with Crippen LogP contribution in [0, 0.1) is 0 Å². The summed E-state index contributed by atoms with van der Waals surface area (Å²) in [7, 11) is 0. The van der Waals surface area contributed by atoms with Crippen molar-refractivity contribution in [2.45, 2.75) is 57.1 Å². The Morgan fingerprint density at radius 1 is 1.17 bits per heavy atom. The minimum Gasteiger partial charge on any atom is -0.382 e. The third-order valence-electron chi connectivity index (χ3n) is 5.53. The van der Waals surface area contributed by atoms with Crippen LogP contribution in [0.4, 0.5) is 5.82 Å². The summed E-state index contributed by atoms with van der Waals surface area (Å²) in [4.78, 5) is 12.8. The summed E-state index contributed by atoms with van der Waals surface area (Å²) < 4.78 is 20.7. The summed E-state index contributed by atoms with van der Waals surface area (Å²) in [6.45, 7) is 5.33. The van der Waals surface area contributed by atoms with Crippen LogP contribution < -0.4 is 11.1 Å². The maximum Gasteiger partial charge on any atom is 0.167 e. The molecule has 0 radical (unpaired) electrons. The topological polar surface area (TPSA) is 109 Å². The summed E-state index contributed by atoms with van der Waals surface area (Å²) in [6, 6.07) is 10.3. The number of hydrogen-bond donors (Lipinski definition) is 2. The number of benzene rings is 1. The van der Waals surface area contributed by atoms with Gasteiger partial charge in [0.05, 0.1) is 18.5 Å². The first-order chi connectivity index (χ1) is 14.5. The van der Waals surface area contributed by atoms with E-state index in [0.29, 0.717) is 23.5 Å². The standard InChI is InChI=1S/C21H26N6O3/c1-21(2)29-15-8-14(10-23-9-13-6-4-3-5-7-13)28-20(17(15)30-21)27-12-26-16-18(22)24-11-25-19(16)27/h3-7,11-12,14-15,17,20,23H,8-10H2,1-2H3,(H2,22,24,25)/t14-,15?,17?,20?/m1/s1. The average Bonchev–Trinajstić information content (AvgIpc) is 3.28. The molecule has 158 valence electrons. The van der Waals surface area contributed by atoms with Crippen molar-refractivity contribution in [2.24, 2.45) is 0 Å². The number of nitrogens with one attached hydrogen (secondary N) is 1. The summed E-state index contributed by atoms with van der Waals surface area (Å²) in [6.07, 6.45) is 3.05. The molecule has 1 aromatic carbocycles. The Morgan fingerprint density at radius 2 is 2.00 bits per heavy atom. The van der Waals surface area contributed by atoms with Crippen molar-refractivity contribution in [1.29, 1.82) is 0 Å². The van der Waals surface area contributed by atoms with Crippen LogP contribution in [-0.2, 0) is 20.8 Å². The van der Waals surface area contributed by atoms with Crippen LogP contribution in [-0.4, -0.2) is 50.2 Å². The second kappa shape index (κ2) is 7.59. The van der Waals surface area contributed by atoms with Gasteiger partial charge in [0.1, 0.15) is 17.9 Å². The Kier molecular flexibility index (Phi) is 4.90. The number of anilines is 1. The smallest absolute Gasteiger partial charge is 0.167 e. The van der Waals surface area contributed by atoms with Crippen molar-refractivity contribution in [3.8, 4) is 0 Å². The lowest BCUT2D eigenvalue weighted by Crippen LogP contribution is -2.47. The van der Waals surface area contributed by atoms with Gasteiger partial charge in [-0.25, -0.2) is 15.0 Å². The van der Waals surface area contributed by atoms with Gasteiger partial charge in [-0.3, -0.25) is 4.57 Å². The Hall–Kier alpha value is -2.59. The quantitative estimate of drug-likeness (QED) is 0.657. The normalized spacial score (nSPS) is 27.9. The minimum absolute atomic E-state index is 0.0471.